The molecule has 0 N–H and O–H groups in total. The van der Waals surface area contributed by atoms with Crippen molar-refractivity contribution < 1.29 is 4.92 Å². The summed E-state index contributed by atoms with van der Waals surface area (Å²) in [6, 6.07) is 19.5. The average molecular weight is 287 g/mol. The fraction of sp³-hybridized carbons (Fsp3) is 0.0526. The first-order chi connectivity index (χ1) is 10.7. The van der Waals surface area contributed by atoms with Gasteiger partial charge in [0, 0.05) is 0 Å². The fourth-order valence-corrected chi connectivity index (χ4v) is 3.25. The second-order valence-electron chi connectivity index (χ2n) is 5.54. The zero-order valence-corrected chi connectivity index (χ0v) is 12.0. The number of nitro benzene ring substituents is 1. The Bertz CT molecular complexity index is 1070. The lowest BCUT2D eigenvalue weighted by atomic mass is 9.94. The van der Waals surface area contributed by atoms with Gasteiger partial charge in [0.1, 0.15) is 0 Å². The van der Waals surface area contributed by atoms with Crippen LogP contribution in [0.1, 0.15) is 5.56 Å². The van der Waals surface area contributed by atoms with E-state index >= 15 is 0 Å². The summed E-state index contributed by atoms with van der Waals surface area (Å²) in [6.07, 6.45) is 0. The number of aryl methyl sites for hydroxylation is 1. The summed E-state index contributed by atoms with van der Waals surface area (Å²) in [6.45, 7) is 2.03. The van der Waals surface area contributed by atoms with Gasteiger partial charge >= 0.3 is 0 Å². The van der Waals surface area contributed by atoms with E-state index in [0.717, 1.165) is 32.5 Å². The van der Waals surface area contributed by atoms with Crippen molar-refractivity contribution >= 4 is 38.0 Å². The molecule has 0 bridgehead atoms. The molecule has 0 heterocycles. The third kappa shape index (κ3) is 1.69. The van der Waals surface area contributed by atoms with Crippen molar-refractivity contribution in [3.05, 3.63) is 76.3 Å². The van der Waals surface area contributed by atoms with E-state index in [2.05, 4.69) is 0 Å². The monoisotopic (exact) mass is 287 g/mol. The Kier molecular flexibility index (Phi) is 2.63. The van der Waals surface area contributed by atoms with Gasteiger partial charge in [0.05, 0.1) is 15.7 Å². The second-order valence-corrected chi connectivity index (χ2v) is 5.54. The molecule has 3 heteroatoms. The molecule has 0 unspecified atom stereocenters. The predicted molar refractivity (Wildman–Crippen MR) is 90.4 cm³/mol. The van der Waals surface area contributed by atoms with Gasteiger partial charge in [0.25, 0.3) is 5.69 Å². The average Bonchev–Trinajstić information content (AvgIpc) is 2.52. The molecule has 0 saturated carbocycles. The molecule has 0 saturated heterocycles. The molecular formula is C19H13NO2. The summed E-state index contributed by atoms with van der Waals surface area (Å²) < 4.78 is 0. The molecule has 3 nitrogen and oxygen atoms in total. The van der Waals surface area contributed by atoms with Crippen LogP contribution < -0.4 is 0 Å². The van der Waals surface area contributed by atoms with E-state index < -0.39 is 0 Å². The van der Waals surface area contributed by atoms with Gasteiger partial charge in [-0.2, -0.15) is 0 Å². The van der Waals surface area contributed by atoms with E-state index in [0.29, 0.717) is 5.39 Å². The first-order valence-corrected chi connectivity index (χ1v) is 7.15. The number of hydrogen-bond donors (Lipinski definition) is 0. The van der Waals surface area contributed by atoms with Crippen LogP contribution in [-0.4, -0.2) is 4.92 Å². The van der Waals surface area contributed by atoms with Gasteiger partial charge in [-0.05, 0) is 46.2 Å². The Hall–Kier alpha value is -2.94. The van der Waals surface area contributed by atoms with E-state index in [-0.39, 0.29) is 10.6 Å². The molecule has 0 atom stereocenters. The molecule has 4 rings (SSSR count). The third-order valence-electron chi connectivity index (χ3n) is 4.26. The Labute approximate surface area is 126 Å². The minimum absolute atomic E-state index is 0.198. The van der Waals surface area contributed by atoms with Crippen molar-refractivity contribution in [3.63, 3.8) is 0 Å². The maximum absolute atomic E-state index is 11.8. The highest BCUT2D eigenvalue weighted by atomic mass is 16.6. The number of non-ortho nitro benzene ring substituents is 1. The maximum Gasteiger partial charge on any atom is 0.285 e. The van der Waals surface area contributed by atoms with Crippen molar-refractivity contribution in [3.8, 4) is 0 Å². The Morgan fingerprint density at radius 3 is 2.41 bits per heavy atom. The lowest BCUT2D eigenvalue weighted by molar-refractivity contribution is -0.381. The minimum atomic E-state index is -0.257. The fourth-order valence-electron chi connectivity index (χ4n) is 3.25. The molecule has 0 spiro atoms. The van der Waals surface area contributed by atoms with Crippen molar-refractivity contribution in [2.45, 2.75) is 6.92 Å². The smallest absolute Gasteiger partial charge is 0.258 e. The minimum Gasteiger partial charge on any atom is -0.258 e. The lowest BCUT2D eigenvalue weighted by Gasteiger charge is -2.09. The van der Waals surface area contributed by atoms with Gasteiger partial charge in [-0.15, -0.1) is 0 Å². The quantitative estimate of drug-likeness (QED) is 0.204. The zero-order valence-electron chi connectivity index (χ0n) is 12.0. The van der Waals surface area contributed by atoms with Crippen LogP contribution in [0.3, 0.4) is 0 Å². The van der Waals surface area contributed by atoms with Crippen molar-refractivity contribution in [2.24, 2.45) is 0 Å². The largest absolute Gasteiger partial charge is 0.285 e. The predicted octanol–water partition coefficient (Wildman–Crippen LogP) is 5.36. The molecule has 0 aliphatic rings. The van der Waals surface area contributed by atoms with Gasteiger partial charge in [-0.1, -0.05) is 48.5 Å². The first-order valence-electron chi connectivity index (χ1n) is 7.15. The van der Waals surface area contributed by atoms with Crippen LogP contribution in [0.2, 0.25) is 0 Å². The van der Waals surface area contributed by atoms with E-state index in [4.69, 9.17) is 0 Å². The molecule has 0 amide bonds. The molecule has 0 radical (unpaired) electrons. The van der Waals surface area contributed by atoms with Crippen molar-refractivity contribution in [1.82, 2.24) is 0 Å². The maximum atomic E-state index is 11.8. The summed E-state index contributed by atoms with van der Waals surface area (Å²) in [5, 5.41) is 17.0. The highest BCUT2D eigenvalue weighted by molar-refractivity contribution is 6.19. The molecule has 0 aliphatic carbocycles. The number of fused-ring (bicyclic) bond motifs is 4. The van der Waals surface area contributed by atoms with Crippen LogP contribution >= 0.6 is 0 Å². The van der Waals surface area contributed by atoms with E-state index in [1.165, 1.54) is 0 Å². The van der Waals surface area contributed by atoms with Crippen LogP contribution in [-0.2, 0) is 0 Å². The lowest BCUT2D eigenvalue weighted by Crippen LogP contribution is -1.93. The van der Waals surface area contributed by atoms with Crippen molar-refractivity contribution in [2.75, 3.05) is 0 Å². The van der Waals surface area contributed by atoms with E-state index in [9.17, 15) is 10.1 Å². The molecule has 0 aromatic heterocycles. The summed E-state index contributed by atoms with van der Waals surface area (Å²) in [5.41, 5.74) is 1.33. The zero-order chi connectivity index (χ0) is 15.3. The Morgan fingerprint density at radius 1 is 0.818 bits per heavy atom. The number of nitro groups is 1. The normalized spacial score (nSPS) is 11.3. The highest BCUT2D eigenvalue weighted by Gasteiger charge is 2.19. The first kappa shape index (κ1) is 12.8. The van der Waals surface area contributed by atoms with Crippen LogP contribution in [0.15, 0.2) is 60.7 Å². The number of rotatable bonds is 1. The topological polar surface area (TPSA) is 43.1 Å². The van der Waals surface area contributed by atoms with Gasteiger partial charge in [0.15, 0.2) is 0 Å². The molecule has 106 valence electrons. The van der Waals surface area contributed by atoms with E-state index in [1.807, 2.05) is 67.6 Å². The Morgan fingerprint density at radius 2 is 1.59 bits per heavy atom. The third-order valence-corrected chi connectivity index (χ3v) is 4.26. The number of benzene rings is 4. The SMILES string of the molecule is Cc1cccc2c1ccc1cc3ccccc3c([N+](=O)[O-])c12. The molecule has 4 aromatic rings. The van der Waals surface area contributed by atoms with Crippen molar-refractivity contribution in [1.29, 1.82) is 0 Å². The van der Waals surface area contributed by atoms with Gasteiger partial charge in [0.2, 0.25) is 0 Å². The number of nitrogens with zero attached hydrogens (tertiary/aromatic N) is 1. The number of hydrogen-bond acceptors (Lipinski definition) is 2. The van der Waals surface area contributed by atoms with Gasteiger partial charge < -0.3 is 0 Å². The molecule has 0 aliphatic heterocycles. The second kappa shape index (κ2) is 4.53. The summed E-state index contributed by atoms with van der Waals surface area (Å²) in [5.74, 6) is 0. The van der Waals surface area contributed by atoms with Crippen LogP contribution in [0.4, 0.5) is 5.69 Å². The van der Waals surface area contributed by atoms with Crippen LogP contribution in [0.25, 0.3) is 32.3 Å². The Balaban J connectivity index is 2.36. The standard InChI is InChI=1S/C19H13NO2/c1-12-5-4-8-17-15(12)10-9-14-11-13-6-2-3-7-16(13)19(18(14)17)20(21)22/h2-11H,1H3. The summed E-state index contributed by atoms with van der Waals surface area (Å²) >= 11 is 0. The molecule has 22 heavy (non-hydrogen) atoms. The van der Waals surface area contributed by atoms with Gasteiger partial charge in [-0.25, -0.2) is 0 Å². The molecular weight excluding hydrogens is 274 g/mol. The summed E-state index contributed by atoms with van der Waals surface area (Å²) in [7, 11) is 0. The van der Waals surface area contributed by atoms with Gasteiger partial charge in [-0.3, -0.25) is 10.1 Å². The van der Waals surface area contributed by atoms with Crippen LogP contribution in [0.5, 0.6) is 0 Å². The molecule has 4 aromatic carbocycles. The summed E-state index contributed by atoms with van der Waals surface area (Å²) in [4.78, 5) is 11.5. The van der Waals surface area contributed by atoms with E-state index in [1.54, 1.807) is 0 Å². The molecule has 0 fully saturated rings. The highest BCUT2D eigenvalue weighted by Crippen LogP contribution is 2.39. The van der Waals surface area contributed by atoms with Crippen LogP contribution in [0, 0.1) is 17.0 Å².